The highest BCUT2D eigenvalue weighted by Crippen LogP contribution is 2.43. The Morgan fingerprint density at radius 1 is 0.608 bits per heavy atom. The number of ether oxygens (including phenoxy) is 2. The maximum atomic E-state index is 12.6. The minimum absolute atomic E-state index is 0.0558. The lowest BCUT2D eigenvalue weighted by Gasteiger charge is -2.19. The summed E-state index contributed by atoms with van der Waals surface area (Å²) in [5.74, 6) is -0.821. The third-order valence-corrected chi connectivity index (χ3v) is 10.3. The van der Waals surface area contributed by atoms with Gasteiger partial charge in [-0.2, -0.15) is 0 Å². The molecule has 0 saturated heterocycles. The van der Waals surface area contributed by atoms with Crippen molar-refractivity contribution < 1.29 is 37.6 Å². The second-order valence-corrected chi connectivity index (χ2v) is 15.8. The average molecular weight is 746 g/mol. The molecule has 0 aliphatic rings. The van der Waals surface area contributed by atoms with Crippen LogP contribution in [0, 0.1) is 0 Å². The van der Waals surface area contributed by atoms with Crippen LogP contribution in [0.5, 0.6) is 0 Å². The summed E-state index contributed by atoms with van der Waals surface area (Å²) in [6.45, 7) is 5.27. The van der Waals surface area contributed by atoms with Crippen molar-refractivity contribution in [3.05, 3.63) is 12.7 Å². The number of esters is 2. The van der Waals surface area contributed by atoms with Gasteiger partial charge in [0.05, 0.1) is 13.2 Å². The van der Waals surface area contributed by atoms with E-state index in [1.54, 1.807) is 0 Å². The molecule has 51 heavy (non-hydrogen) atoms. The smallest absolute Gasteiger partial charge is 0.462 e. The molecule has 3 N–H and O–H groups in total. The normalized spacial score (nSPS) is 13.2. The van der Waals surface area contributed by atoms with E-state index in [-0.39, 0.29) is 38.6 Å². The molecule has 0 saturated carbocycles. The Morgan fingerprint density at radius 2 is 1.00 bits per heavy atom. The van der Waals surface area contributed by atoms with Gasteiger partial charge in [-0.1, -0.05) is 174 Å². The molecular weight excluding hydrogens is 665 g/mol. The van der Waals surface area contributed by atoms with Gasteiger partial charge in [-0.3, -0.25) is 18.6 Å². The fourth-order valence-corrected chi connectivity index (χ4v) is 6.91. The molecule has 9 nitrogen and oxygen atoms in total. The summed E-state index contributed by atoms with van der Waals surface area (Å²) in [6, 6.07) is 0. The predicted molar refractivity (Wildman–Crippen MR) is 211 cm³/mol. The minimum Gasteiger partial charge on any atom is -0.462 e. The van der Waals surface area contributed by atoms with E-state index in [0.29, 0.717) is 6.42 Å². The number of carbonyl (C=O) groups excluding carboxylic acids is 2. The van der Waals surface area contributed by atoms with Crippen molar-refractivity contribution in [1.82, 2.24) is 0 Å². The van der Waals surface area contributed by atoms with Crippen LogP contribution in [0.1, 0.15) is 206 Å². The van der Waals surface area contributed by atoms with E-state index in [2.05, 4.69) is 13.5 Å². The van der Waals surface area contributed by atoms with Crippen molar-refractivity contribution >= 4 is 19.8 Å². The monoisotopic (exact) mass is 746 g/mol. The van der Waals surface area contributed by atoms with Gasteiger partial charge in [-0.15, -0.1) is 6.58 Å². The summed E-state index contributed by atoms with van der Waals surface area (Å²) in [5, 5.41) is 0. The molecule has 0 aromatic rings. The van der Waals surface area contributed by atoms with Gasteiger partial charge in [-0.25, -0.2) is 4.57 Å². The van der Waals surface area contributed by atoms with Crippen molar-refractivity contribution in [3.63, 3.8) is 0 Å². The lowest BCUT2D eigenvalue weighted by molar-refractivity contribution is -0.161. The molecule has 0 spiro atoms. The zero-order valence-corrected chi connectivity index (χ0v) is 33.8. The van der Waals surface area contributed by atoms with Crippen LogP contribution in [-0.4, -0.2) is 49.3 Å². The lowest BCUT2D eigenvalue weighted by atomic mass is 10.0. The first-order chi connectivity index (χ1) is 24.8. The fraction of sp³-hybridized carbons (Fsp3) is 0.902. The number of carbonyl (C=O) groups is 2. The Labute approximate surface area is 313 Å². The molecule has 0 aromatic carbocycles. The third-order valence-electron chi connectivity index (χ3n) is 9.30. The van der Waals surface area contributed by atoms with Crippen LogP contribution in [-0.2, 0) is 32.7 Å². The molecule has 2 atom stereocenters. The first-order valence-corrected chi connectivity index (χ1v) is 22.6. The molecule has 0 aliphatic heterocycles. The van der Waals surface area contributed by atoms with Crippen molar-refractivity contribution in [2.45, 2.75) is 212 Å². The van der Waals surface area contributed by atoms with Gasteiger partial charge in [0.2, 0.25) is 0 Å². The molecule has 10 heteroatoms. The molecule has 0 rings (SSSR count). The molecule has 0 aromatic heterocycles. The maximum Gasteiger partial charge on any atom is 0.472 e. The van der Waals surface area contributed by atoms with Crippen molar-refractivity contribution in [1.29, 1.82) is 0 Å². The highest BCUT2D eigenvalue weighted by Gasteiger charge is 2.26. The molecular formula is C41H80NO8P. The van der Waals surface area contributed by atoms with Gasteiger partial charge in [0, 0.05) is 19.4 Å². The first kappa shape index (κ1) is 49.8. The lowest BCUT2D eigenvalue weighted by Crippen LogP contribution is -2.29. The van der Waals surface area contributed by atoms with Crippen LogP contribution < -0.4 is 5.73 Å². The van der Waals surface area contributed by atoms with Crippen LogP contribution in [0.25, 0.3) is 0 Å². The van der Waals surface area contributed by atoms with Crippen LogP contribution in [0.3, 0.4) is 0 Å². The van der Waals surface area contributed by atoms with Gasteiger partial charge < -0.3 is 20.1 Å². The Morgan fingerprint density at radius 3 is 1.41 bits per heavy atom. The summed E-state index contributed by atoms with van der Waals surface area (Å²) in [7, 11) is -4.37. The number of nitrogens with two attached hydrogens (primary N) is 1. The number of allylic oxidation sites excluding steroid dienone is 1. The Hall–Kier alpha value is -1.25. The topological polar surface area (TPSA) is 134 Å². The summed E-state index contributed by atoms with van der Waals surface area (Å²) in [5.41, 5.74) is 5.34. The molecule has 0 fully saturated rings. The second-order valence-electron chi connectivity index (χ2n) is 14.3. The highest BCUT2D eigenvalue weighted by molar-refractivity contribution is 7.47. The molecule has 0 aliphatic carbocycles. The number of unbranched alkanes of at least 4 members (excludes halogenated alkanes) is 27. The van der Waals surface area contributed by atoms with E-state index in [0.717, 1.165) is 44.9 Å². The van der Waals surface area contributed by atoms with Crippen LogP contribution in [0.15, 0.2) is 12.7 Å². The van der Waals surface area contributed by atoms with Gasteiger partial charge >= 0.3 is 19.8 Å². The highest BCUT2D eigenvalue weighted by atomic mass is 31.2. The molecule has 1 unspecified atom stereocenters. The fourth-order valence-electron chi connectivity index (χ4n) is 6.14. The van der Waals surface area contributed by atoms with E-state index >= 15 is 0 Å². The summed E-state index contributed by atoms with van der Waals surface area (Å²) < 4.78 is 32.7. The minimum atomic E-state index is -4.37. The van der Waals surface area contributed by atoms with Crippen LogP contribution >= 0.6 is 7.82 Å². The maximum absolute atomic E-state index is 12.6. The SMILES string of the molecule is C=CCCCCCCCCCCCCCCCC(=O)O[C@H](COC(=O)CCCCCCCCCCCCCCCCC)COP(=O)(O)OCCN. The van der Waals surface area contributed by atoms with E-state index in [1.165, 1.54) is 135 Å². The quantitative estimate of drug-likeness (QED) is 0.0271. The Bertz CT molecular complexity index is 842. The zero-order chi connectivity index (χ0) is 37.5. The van der Waals surface area contributed by atoms with E-state index < -0.39 is 26.5 Å². The first-order valence-electron chi connectivity index (χ1n) is 21.1. The van der Waals surface area contributed by atoms with Crippen molar-refractivity contribution in [3.8, 4) is 0 Å². The van der Waals surface area contributed by atoms with E-state index in [1.807, 2.05) is 6.08 Å². The van der Waals surface area contributed by atoms with Gasteiger partial charge in [0.25, 0.3) is 0 Å². The molecule has 0 radical (unpaired) electrons. The Kier molecular flexibility index (Phi) is 37.5. The third kappa shape index (κ3) is 38.3. The standard InChI is InChI=1S/C41H80NO8P/c1-3-5-7-9-11-13-15-17-19-21-23-25-27-29-31-33-40(43)47-37-39(38-49-51(45,46)48-36-35-42)50-41(44)34-32-30-28-26-24-22-20-18-16-14-12-10-8-6-4-2/h4,39H,2-3,5-38,42H2,1H3,(H,45,46)/t39-/m1/s1. The number of phosphoric ester groups is 1. The van der Waals surface area contributed by atoms with Gasteiger partial charge in [-0.05, 0) is 25.7 Å². The summed E-state index contributed by atoms with van der Waals surface area (Å²) in [4.78, 5) is 34.8. The molecule has 0 heterocycles. The Balaban J connectivity index is 4.11. The summed E-state index contributed by atoms with van der Waals surface area (Å²) >= 11 is 0. The number of hydrogen-bond acceptors (Lipinski definition) is 8. The largest absolute Gasteiger partial charge is 0.472 e. The molecule has 0 amide bonds. The average Bonchev–Trinajstić information content (AvgIpc) is 3.11. The predicted octanol–water partition coefficient (Wildman–Crippen LogP) is 11.8. The van der Waals surface area contributed by atoms with Gasteiger partial charge in [0.1, 0.15) is 6.61 Å². The molecule has 0 bridgehead atoms. The van der Waals surface area contributed by atoms with E-state index in [9.17, 15) is 19.0 Å². The van der Waals surface area contributed by atoms with Crippen LogP contribution in [0.4, 0.5) is 0 Å². The van der Waals surface area contributed by atoms with Gasteiger partial charge in [0.15, 0.2) is 6.10 Å². The van der Waals surface area contributed by atoms with Crippen molar-refractivity contribution in [2.24, 2.45) is 5.73 Å². The van der Waals surface area contributed by atoms with Crippen molar-refractivity contribution in [2.75, 3.05) is 26.4 Å². The second kappa shape index (κ2) is 38.5. The summed E-state index contributed by atoms with van der Waals surface area (Å²) in [6.07, 6.45) is 37.0. The van der Waals surface area contributed by atoms with E-state index in [4.69, 9.17) is 24.3 Å². The number of hydrogen-bond donors (Lipinski definition) is 2. The zero-order valence-electron chi connectivity index (χ0n) is 32.9. The number of rotatable bonds is 41. The molecule has 302 valence electrons. The van der Waals surface area contributed by atoms with Crippen LogP contribution in [0.2, 0.25) is 0 Å². The number of phosphoric acid groups is 1.